The largest absolute Gasteiger partial charge is 0.494 e. The Kier molecular flexibility index (Phi) is 11.5. The van der Waals surface area contributed by atoms with Gasteiger partial charge in [0.05, 0.1) is 19.4 Å². The van der Waals surface area contributed by atoms with Crippen LogP contribution < -0.4 is 26.4 Å². The number of amides is 4. The molecule has 47 heavy (non-hydrogen) atoms. The maximum atomic E-state index is 13.9. The van der Waals surface area contributed by atoms with Gasteiger partial charge in [-0.3, -0.25) is 19.2 Å². The molecular formula is C37H45N5O5. The second-order valence-electron chi connectivity index (χ2n) is 12.6. The molecule has 1 saturated heterocycles. The van der Waals surface area contributed by atoms with Crippen molar-refractivity contribution in [3.63, 3.8) is 0 Å². The number of nitrogens with two attached hydrogens (primary N) is 1. The van der Waals surface area contributed by atoms with Crippen LogP contribution in [0.3, 0.4) is 0 Å². The predicted octanol–water partition coefficient (Wildman–Crippen LogP) is 3.45. The fourth-order valence-electron chi connectivity index (χ4n) is 6.18. The third-order valence-corrected chi connectivity index (χ3v) is 9.01. The maximum Gasteiger partial charge on any atom is 0.243 e. The van der Waals surface area contributed by atoms with E-state index in [-0.39, 0.29) is 37.1 Å². The lowest BCUT2D eigenvalue weighted by Gasteiger charge is -2.34. The molecule has 5 rings (SSSR count). The van der Waals surface area contributed by atoms with Gasteiger partial charge in [-0.15, -0.1) is 0 Å². The van der Waals surface area contributed by atoms with Gasteiger partial charge in [0.1, 0.15) is 17.8 Å². The summed E-state index contributed by atoms with van der Waals surface area (Å²) in [6, 6.07) is 20.5. The highest BCUT2D eigenvalue weighted by Gasteiger charge is 2.32. The Bertz CT molecular complexity index is 1540. The topological polar surface area (TPSA) is 143 Å². The van der Waals surface area contributed by atoms with Crippen LogP contribution in [-0.4, -0.2) is 60.3 Å². The average molecular weight is 640 g/mol. The van der Waals surface area contributed by atoms with E-state index in [1.54, 1.807) is 29.2 Å². The minimum atomic E-state index is -1.16. The molecule has 3 atom stereocenters. The zero-order valence-electron chi connectivity index (χ0n) is 27.0. The number of nitrogen functional groups attached to an aromatic ring is 1. The Labute approximate surface area is 276 Å². The molecule has 1 fully saturated rings. The van der Waals surface area contributed by atoms with Crippen LogP contribution in [0.4, 0.5) is 5.69 Å². The number of aryl methyl sites for hydroxylation is 2. The van der Waals surface area contributed by atoms with Gasteiger partial charge in [0.15, 0.2) is 0 Å². The SMILES string of the molecule is Cc1ccc2cc1CNC(=O)[C@H](CCc1ccccc1)NC(=O)[C@@H](NC(=O)Cc1ccc(N)cc1)CC(=O)N1CCCC(CCO2)C1. The Balaban J connectivity index is 1.39. The summed E-state index contributed by atoms with van der Waals surface area (Å²) in [6.07, 6.45) is 3.31. The molecule has 5 N–H and O–H groups in total. The van der Waals surface area contributed by atoms with Crippen molar-refractivity contribution < 1.29 is 23.9 Å². The van der Waals surface area contributed by atoms with E-state index in [0.29, 0.717) is 38.2 Å². The van der Waals surface area contributed by atoms with Crippen molar-refractivity contribution >= 4 is 29.3 Å². The smallest absolute Gasteiger partial charge is 0.243 e. The van der Waals surface area contributed by atoms with Crippen LogP contribution in [0.1, 0.15) is 54.4 Å². The van der Waals surface area contributed by atoms with E-state index < -0.39 is 23.9 Å². The van der Waals surface area contributed by atoms with Crippen LogP contribution in [0.5, 0.6) is 5.75 Å². The average Bonchev–Trinajstić information content (AvgIpc) is 3.07. The standard InChI is InChI=1S/C37H45N5O5/c1-25-9-15-31-21-29(25)23-39-36(45)32(16-12-26-6-3-2-4-7-26)41-37(46)33(40-34(43)20-27-10-13-30(38)14-11-27)22-35(44)42-18-5-8-28(24-42)17-19-47-31/h2-4,6-7,9-11,13-15,21,28,32-33H,5,8,12,16-20,22-24,38H2,1H3,(H,39,45)(H,40,43)(H,41,46)/t28?,32-,33-/m0/s1. The molecule has 0 spiro atoms. The summed E-state index contributed by atoms with van der Waals surface area (Å²) in [5.41, 5.74) is 10.1. The molecule has 248 valence electrons. The molecule has 0 saturated carbocycles. The first-order valence-corrected chi connectivity index (χ1v) is 16.5. The molecule has 0 aliphatic carbocycles. The molecule has 2 aliphatic rings. The molecule has 2 heterocycles. The summed E-state index contributed by atoms with van der Waals surface area (Å²) >= 11 is 0. The van der Waals surface area contributed by atoms with E-state index in [0.717, 1.165) is 47.3 Å². The third-order valence-electron chi connectivity index (χ3n) is 9.01. The molecule has 0 aromatic heterocycles. The van der Waals surface area contributed by atoms with Crippen molar-refractivity contribution in [2.45, 2.75) is 70.5 Å². The number of anilines is 1. The number of nitrogens with one attached hydrogen (secondary N) is 3. The number of nitrogens with zero attached hydrogens (tertiary/aromatic N) is 1. The van der Waals surface area contributed by atoms with Crippen molar-refractivity contribution in [3.8, 4) is 5.75 Å². The maximum absolute atomic E-state index is 13.9. The minimum absolute atomic E-state index is 0.0143. The molecule has 1 unspecified atom stereocenters. The second kappa shape index (κ2) is 16.1. The third kappa shape index (κ3) is 9.81. The molecular weight excluding hydrogens is 594 g/mol. The van der Waals surface area contributed by atoms with Crippen LogP contribution in [0.2, 0.25) is 0 Å². The highest BCUT2D eigenvalue weighted by Crippen LogP contribution is 2.23. The van der Waals surface area contributed by atoms with E-state index in [9.17, 15) is 19.2 Å². The lowest BCUT2D eigenvalue weighted by molar-refractivity contribution is -0.138. The van der Waals surface area contributed by atoms with Gasteiger partial charge in [-0.2, -0.15) is 0 Å². The highest BCUT2D eigenvalue weighted by molar-refractivity contribution is 5.95. The summed E-state index contributed by atoms with van der Waals surface area (Å²) in [5.74, 6) is -0.532. The number of rotatable bonds is 6. The van der Waals surface area contributed by atoms with Crippen molar-refractivity contribution in [1.82, 2.24) is 20.9 Å². The summed E-state index contributed by atoms with van der Waals surface area (Å²) < 4.78 is 6.10. The van der Waals surface area contributed by atoms with Crippen molar-refractivity contribution in [1.29, 1.82) is 0 Å². The van der Waals surface area contributed by atoms with Gasteiger partial charge < -0.3 is 31.3 Å². The van der Waals surface area contributed by atoms with Gasteiger partial charge in [-0.1, -0.05) is 48.5 Å². The van der Waals surface area contributed by atoms with E-state index in [4.69, 9.17) is 10.5 Å². The molecule has 3 aromatic carbocycles. The van der Waals surface area contributed by atoms with Gasteiger partial charge in [0.25, 0.3) is 0 Å². The fourth-order valence-corrected chi connectivity index (χ4v) is 6.18. The summed E-state index contributed by atoms with van der Waals surface area (Å²) in [6.45, 7) is 3.91. The molecule has 4 bridgehead atoms. The summed E-state index contributed by atoms with van der Waals surface area (Å²) in [5, 5.41) is 8.68. The first-order chi connectivity index (χ1) is 22.7. The monoisotopic (exact) mass is 639 g/mol. The van der Waals surface area contributed by atoms with Gasteiger partial charge >= 0.3 is 0 Å². The Hall–Kier alpha value is -4.86. The van der Waals surface area contributed by atoms with Crippen molar-refractivity contribution in [3.05, 3.63) is 95.1 Å². The number of benzene rings is 3. The van der Waals surface area contributed by atoms with Crippen molar-refractivity contribution in [2.24, 2.45) is 5.92 Å². The van der Waals surface area contributed by atoms with Crippen molar-refractivity contribution in [2.75, 3.05) is 25.4 Å². The zero-order chi connectivity index (χ0) is 33.2. The summed E-state index contributed by atoms with van der Waals surface area (Å²) in [7, 11) is 0. The molecule has 2 aliphatic heterocycles. The normalized spacial score (nSPS) is 21.0. The first-order valence-electron chi connectivity index (χ1n) is 16.5. The first kappa shape index (κ1) is 33.5. The Morgan fingerprint density at radius 1 is 0.979 bits per heavy atom. The van der Waals surface area contributed by atoms with Crippen LogP contribution >= 0.6 is 0 Å². The number of hydrogen-bond donors (Lipinski definition) is 4. The van der Waals surface area contributed by atoms with E-state index >= 15 is 0 Å². The number of piperidine rings is 1. The minimum Gasteiger partial charge on any atom is -0.494 e. The molecule has 4 amide bonds. The van der Waals surface area contributed by atoms with Gasteiger partial charge in [0, 0.05) is 25.3 Å². The van der Waals surface area contributed by atoms with E-state index in [2.05, 4.69) is 16.0 Å². The number of ether oxygens (including phenoxy) is 1. The molecule has 10 heteroatoms. The van der Waals surface area contributed by atoms with Crippen LogP contribution in [0, 0.1) is 12.8 Å². The Morgan fingerprint density at radius 3 is 2.55 bits per heavy atom. The molecule has 0 radical (unpaired) electrons. The van der Waals surface area contributed by atoms with Gasteiger partial charge in [-0.25, -0.2) is 0 Å². The van der Waals surface area contributed by atoms with Crippen LogP contribution in [0.15, 0.2) is 72.8 Å². The number of carbonyl (C=O) groups excluding carboxylic acids is 4. The predicted molar refractivity (Wildman–Crippen MR) is 180 cm³/mol. The quantitative estimate of drug-likeness (QED) is 0.305. The Morgan fingerprint density at radius 2 is 1.77 bits per heavy atom. The molecule has 10 nitrogen and oxygen atoms in total. The lowest BCUT2D eigenvalue weighted by atomic mass is 9.94. The van der Waals surface area contributed by atoms with Gasteiger partial charge in [0.2, 0.25) is 23.6 Å². The molecule has 3 aromatic rings. The second-order valence-corrected chi connectivity index (χ2v) is 12.6. The van der Waals surface area contributed by atoms with Crippen LogP contribution in [-0.2, 0) is 38.6 Å². The van der Waals surface area contributed by atoms with Gasteiger partial charge in [-0.05, 0) is 91.5 Å². The number of carbonyl (C=O) groups is 4. The fraction of sp³-hybridized carbons (Fsp3) is 0.405. The number of hydrogen-bond acceptors (Lipinski definition) is 6. The zero-order valence-corrected chi connectivity index (χ0v) is 27.0. The van der Waals surface area contributed by atoms with Crippen LogP contribution in [0.25, 0.3) is 0 Å². The highest BCUT2D eigenvalue weighted by atomic mass is 16.5. The van der Waals surface area contributed by atoms with E-state index in [1.807, 2.05) is 55.5 Å². The summed E-state index contributed by atoms with van der Waals surface area (Å²) in [4.78, 5) is 56.2. The lowest BCUT2D eigenvalue weighted by Crippen LogP contribution is -2.55. The van der Waals surface area contributed by atoms with E-state index in [1.165, 1.54) is 0 Å². The number of fused-ring (bicyclic) bond motifs is 4.